The van der Waals surface area contributed by atoms with Gasteiger partial charge < -0.3 is 5.32 Å². The van der Waals surface area contributed by atoms with Crippen LogP contribution in [0.4, 0.5) is 0 Å². The molecule has 1 aromatic heterocycles. The second-order valence-electron chi connectivity index (χ2n) is 5.06. The van der Waals surface area contributed by atoms with Crippen LogP contribution in [0.1, 0.15) is 18.4 Å². The van der Waals surface area contributed by atoms with Crippen molar-refractivity contribution in [2.45, 2.75) is 25.4 Å². The molecule has 0 atom stereocenters. The van der Waals surface area contributed by atoms with Gasteiger partial charge in [0.05, 0.1) is 11.5 Å². The maximum atomic E-state index is 11.4. The highest BCUT2D eigenvalue weighted by Crippen LogP contribution is 2.25. The van der Waals surface area contributed by atoms with Crippen LogP contribution < -0.4 is 5.32 Å². The molecule has 0 unspecified atom stereocenters. The molecule has 3 rings (SSSR count). The standard InChI is InChI=1S/C14H17NO2S2/c16-19(17)7-5-12(6-8-19)15-9-11-10-18-14-4-2-1-3-13(11)14/h1-4,10,12,15H,5-9H2. The molecule has 0 spiro atoms. The summed E-state index contributed by atoms with van der Waals surface area (Å²) < 4.78 is 24.1. The Balaban J connectivity index is 1.64. The summed E-state index contributed by atoms with van der Waals surface area (Å²) in [6.07, 6.45) is 1.48. The van der Waals surface area contributed by atoms with Crippen LogP contribution >= 0.6 is 11.3 Å². The topological polar surface area (TPSA) is 46.2 Å². The fraction of sp³-hybridized carbons (Fsp3) is 0.429. The Morgan fingerprint density at radius 1 is 1.21 bits per heavy atom. The summed E-state index contributed by atoms with van der Waals surface area (Å²) in [5.41, 5.74) is 1.31. The van der Waals surface area contributed by atoms with Crippen molar-refractivity contribution in [3.8, 4) is 0 Å². The van der Waals surface area contributed by atoms with Crippen molar-refractivity contribution in [3.05, 3.63) is 35.2 Å². The van der Waals surface area contributed by atoms with Gasteiger partial charge in [0, 0.05) is 17.3 Å². The molecule has 5 heteroatoms. The van der Waals surface area contributed by atoms with E-state index in [2.05, 4.69) is 35.0 Å². The molecule has 3 nitrogen and oxygen atoms in total. The lowest BCUT2D eigenvalue weighted by Crippen LogP contribution is -2.37. The van der Waals surface area contributed by atoms with Crippen LogP contribution in [0.2, 0.25) is 0 Å². The summed E-state index contributed by atoms with van der Waals surface area (Å²) in [6, 6.07) is 8.74. The van der Waals surface area contributed by atoms with E-state index in [1.807, 2.05) is 0 Å². The molecule has 2 heterocycles. The zero-order chi connectivity index (χ0) is 13.3. The smallest absolute Gasteiger partial charge is 0.150 e. The van der Waals surface area contributed by atoms with Gasteiger partial charge in [-0.05, 0) is 35.2 Å². The molecule has 0 saturated carbocycles. The van der Waals surface area contributed by atoms with E-state index in [1.54, 1.807) is 11.3 Å². The van der Waals surface area contributed by atoms with E-state index in [0.29, 0.717) is 17.5 Å². The Labute approximate surface area is 117 Å². The van der Waals surface area contributed by atoms with E-state index in [1.165, 1.54) is 15.6 Å². The minimum Gasteiger partial charge on any atom is -0.310 e. The molecule has 1 saturated heterocycles. The molecule has 1 fully saturated rings. The Hall–Kier alpha value is -0.910. The van der Waals surface area contributed by atoms with E-state index in [0.717, 1.165) is 19.4 Å². The number of nitrogens with one attached hydrogen (secondary N) is 1. The molecule has 0 bridgehead atoms. The number of hydrogen-bond acceptors (Lipinski definition) is 4. The molecule has 1 aromatic carbocycles. The van der Waals surface area contributed by atoms with Crippen molar-refractivity contribution in [2.24, 2.45) is 0 Å². The van der Waals surface area contributed by atoms with Crippen molar-refractivity contribution in [1.29, 1.82) is 0 Å². The van der Waals surface area contributed by atoms with Gasteiger partial charge in [0.1, 0.15) is 9.84 Å². The predicted molar refractivity (Wildman–Crippen MR) is 80.3 cm³/mol. The van der Waals surface area contributed by atoms with Crippen LogP contribution in [0.15, 0.2) is 29.6 Å². The van der Waals surface area contributed by atoms with E-state index in [4.69, 9.17) is 0 Å². The van der Waals surface area contributed by atoms with Crippen LogP contribution in [0.25, 0.3) is 10.1 Å². The van der Waals surface area contributed by atoms with Crippen molar-refractivity contribution < 1.29 is 8.42 Å². The average Bonchev–Trinajstić information content (AvgIpc) is 2.81. The monoisotopic (exact) mass is 295 g/mol. The first-order valence-electron chi connectivity index (χ1n) is 6.53. The Morgan fingerprint density at radius 2 is 1.95 bits per heavy atom. The lowest BCUT2D eigenvalue weighted by atomic mass is 10.1. The predicted octanol–water partition coefficient (Wildman–Crippen LogP) is 2.57. The van der Waals surface area contributed by atoms with E-state index in [-0.39, 0.29) is 0 Å². The normalized spacial score (nSPS) is 19.8. The van der Waals surface area contributed by atoms with E-state index in [9.17, 15) is 8.42 Å². The van der Waals surface area contributed by atoms with Gasteiger partial charge in [-0.2, -0.15) is 0 Å². The second-order valence-corrected chi connectivity index (χ2v) is 8.28. The fourth-order valence-corrected chi connectivity index (χ4v) is 4.97. The van der Waals surface area contributed by atoms with Crippen LogP contribution in [-0.4, -0.2) is 26.0 Å². The third-order valence-corrected chi connectivity index (χ3v) is 6.42. The second kappa shape index (κ2) is 5.23. The summed E-state index contributed by atoms with van der Waals surface area (Å²) in [6.45, 7) is 0.828. The lowest BCUT2D eigenvalue weighted by Gasteiger charge is -2.23. The first-order chi connectivity index (χ1) is 9.14. The maximum absolute atomic E-state index is 11.4. The van der Waals surface area contributed by atoms with Crippen LogP contribution in [-0.2, 0) is 16.4 Å². The highest BCUT2D eigenvalue weighted by Gasteiger charge is 2.23. The average molecular weight is 295 g/mol. The maximum Gasteiger partial charge on any atom is 0.150 e. The summed E-state index contributed by atoms with van der Waals surface area (Å²) in [7, 11) is -2.76. The van der Waals surface area contributed by atoms with Gasteiger partial charge in [0.2, 0.25) is 0 Å². The van der Waals surface area contributed by atoms with Gasteiger partial charge in [-0.25, -0.2) is 8.42 Å². The summed E-state index contributed by atoms with van der Waals surface area (Å²) in [5, 5.41) is 7.00. The van der Waals surface area contributed by atoms with Crippen molar-refractivity contribution in [3.63, 3.8) is 0 Å². The molecule has 1 aliphatic heterocycles. The minimum atomic E-state index is -2.76. The number of rotatable bonds is 3. The molecule has 2 aromatic rings. The molecule has 19 heavy (non-hydrogen) atoms. The van der Waals surface area contributed by atoms with Crippen molar-refractivity contribution in [1.82, 2.24) is 5.32 Å². The van der Waals surface area contributed by atoms with Gasteiger partial charge in [-0.15, -0.1) is 11.3 Å². The molecular formula is C14H17NO2S2. The highest BCUT2D eigenvalue weighted by molar-refractivity contribution is 7.91. The minimum absolute atomic E-state index is 0.328. The fourth-order valence-electron chi connectivity index (χ4n) is 2.52. The van der Waals surface area contributed by atoms with E-state index >= 15 is 0 Å². The van der Waals surface area contributed by atoms with Crippen molar-refractivity contribution >= 4 is 31.3 Å². The van der Waals surface area contributed by atoms with Crippen LogP contribution in [0, 0.1) is 0 Å². The van der Waals surface area contributed by atoms with Gasteiger partial charge in [0.25, 0.3) is 0 Å². The lowest BCUT2D eigenvalue weighted by molar-refractivity contribution is 0.464. The van der Waals surface area contributed by atoms with Crippen molar-refractivity contribution in [2.75, 3.05) is 11.5 Å². The molecule has 102 valence electrons. The van der Waals surface area contributed by atoms with Crippen LogP contribution in [0.3, 0.4) is 0 Å². The quantitative estimate of drug-likeness (QED) is 0.946. The highest BCUT2D eigenvalue weighted by atomic mass is 32.2. The van der Waals surface area contributed by atoms with E-state index < -0.39 is 9.84 Å². The van der Waals surface area contributed by atoms with Crippen LogP contribution in [0.5, 0.6) is 0 Å². The molecule has 0 radical (unpaired) electrons. The Bertz CT molecular complexity index is 662. The third-order valence-electron chi connectivity index (χ3n) is 3.70. The first kappa shape index (κ1) is 13.1. The summed E-state index contributed by atoms with van der Waals surface area (Å²) in [4.78, 5) is 0. The number of thiophene rings is 1. The summed E-state index contributed by atoms with van der Waals surface area (Å²) >= 11 is 1.76. The van der Waals surface area contributed by atoms with Gasteiger partial charge in [-0.1, -0.05) is 18.2 Å². The van der Waals surface area contributed by atoms with Gasteiger partial charge >= 0.3 is 0 Å². The Kier molecular flexibility index (Phi) is 3.60. The number of hydrogen-bond donors (Lipinski definition) is 1. The zero-order valence-corrected chi connectivity index (χ0v) is 12.3. The largest absolute Gasteiger partial charge is 0.310 e. The Morgan fingerprint density at radius 3 is 2.74 bits per heavy atom. The molecule has 0 aliphatic carbocycles. The molecule has 1 N–H and O–H groups in total. The van der Waals surface area contributed by atoms with Gasteiger partial charge in [-0.3, -0.25) is 0 Å². The molecule has 0 amide bonds. The SMILES string of the molecule is O=S1(=O)CCC(NCc2csc3ccccc23)CC1. The number of sulfone groups is 1. The van der Waals surface area contributed by atoms with Gasteiger partial charge in [0.15, 0.2) is 0 Å². The molecule has 1 aliphatic rings. The number of fused-ring (bicyclic) bond motifs is 1. The summed E-state index contributed by atoms with van der Waals surface area (Å²) in [5.74, 6) is 0.657. The zero-order valence-electron chi connectivity index (χ0n) is 10.6. The molecular weight excluding hydrogens is 278 g/mol. The third kappa shape index (κ3) is 2.99. The number of benzene rings is 1. The first-order valence-corrected chi connectivity index (χ1v) is 9.23.